The molecule has 1 N–H and O–H groups in total. The monoisotopic (exact) mass is 263 g/mol. The predicted octanol–water partition coefficient (Wildman–Crippen LogP) is 4.71. The standard InChI is InChI=1S/C15H15ClFN/c1-10-3-4-12(11(2)5-10)9-18-15-7-13(16)6-14(17)8-15/h3-8,18H,9H2,1-2H3. The second-order valence-corrected chi connectivity index (χ2v) is 4.88. The summed E-state index contributed by atoms with van der Waals surface area (Å²) in [6.45, 7) is 4.80. The fourth-order valence-corrected chi connectivity index (χ4v) is 2.12. The molecule has 0 heterocycles. The minimum atomic E-state index is -0.328. The number of nitrogens with one attached hydrogen (secondary N) is 1. The molecule has 0 saturated heterocycles. The van der Waals surface area contributed by atoms with Gasteiger partial charge in [0.1, 0.15) is 5.82 Å². The van der Waals surface area contributed by atoms with E-state index in [2.05, 4.69) is 37.4 Å². The third-order valence-corrected chi connectivity index (χ3v) is 3.06. The molecule has 0 aromatic heterocycles. The van der Waals surface area contributed by atoms with Gasteiger partial charge in [-0.2, -0.15) is 0 Å². The van der Waals surface area contributed by atoms with Crippen LogP contribution in [0, 0.1) is 19.7 Å². The van der Waals surface area contributed by atoms with Crippen LogP contribution in [0.25, 0.3) is 0 Å². The predicted molar refractivity (Wildman–Crippen MR) is 74.7 cm³/mol. The van der Waals surface area contributed by atoms with Crippen molar-refractivity contribution in [1.82, 2.24) is 0 Å². The Balaban J connectivity index is 2.11. The van der Waals surface area contributed by atoms with E-state index >= 15 is 0 Å². The number of hydrogen-bond acceptors (Lipinski definition) is 1. The minimum Gasteiger partial charge on any atom is -0.381 e. The van der Waals surface area contributed by atoms with Crippen molar-refractivity contribution >= 4 is 17.3 Å². The second kappa shape index (κ2) is 5.40. The van der Waals surface area contributed by atoms with Crippen LogP contribution >= 0.6 is 11.6 Å². The molecular formula is C15H15ClFN. The smallest absolute Gasteiger partial charge is 0.126 e. The van der Waals surface area contributed by atoms with Gasteiger partial charge in [0, 0.05) is 17.3 Å². The maximum atomic E-state index is 13.2. The third kappa shape index (κ3) is 3.23. The van der Waals surface area contributed by atoms with Gasteiger partial charge in [-0.15, -0.1) is 0 Å². The Morgan fingerprint density at radius 2 is 1.89 bits per heavy atom. The van der Waals surface area contributed by atoms with Gasteiger partial charge in [-0.3, -0.25) is 0 Å². The summed E-state index contributed by atoms with van der Waals surface area (Å²) in [6, 6.07) is 10.7. The van der Waals surface area contributed by atoms with Crippen molar-refractivity contribution in [3.8, 4) is 0 Å². The molecule has 94 valence electrons. The summed E-state index contributed by atoms with van der Waals surface area (Å²) in [4.78, 5) is 0. The van der Waals surface area contributed by atoms with Crippen LogP contribution in [-0.4, -0.2) is 0 Å². The van der Waals surface area contributed by atoms with Crippen molar-refractivity contribution in [2.75, 3.05) is 5.32 Å². The van der Waals surface area contributed by atoms with E-state index in [0.29, 0.717) is 17.3 Å². The normalized spacial score (nSPS) is 10.4. The van der Waals surface area contributed by atoms with Gasteiger partial charge in [0.25, 0.3) is 0 Å². The van der Waals surface area contributed by atoms with Crippen molar-refractivity contribution in [2.24, 2.45) is 0 Å². The van der Waals surface area contributed by atoms with Crippen LogP contribution in [0.3, 0.4) is 0 Å². The topological polar surface area (TPSA) is 12.0 Å². The van der Waals surface area contributed by atoms with Crippen LogP contribution in [0.15, 0.2) is 36.4 Å². The van der Waals surface area contributed by atoms with E-state index in [0.717, 1.165) is 0 Å². The Bertz CT molecular complexity index is 546. The fourth-order valence-electron chi connectivity index (χ4n) is 1.90. The number of halogens is 2. The number of aryl methyl sites for hydroxylation is 2. The molecule has 0 aliphatic rings. The molecule has 0 fully saturated rings. The molecule has 0 atom stereocenters. The lowest BCUT2D eigenvalue weighted by atomic mass is 10.1. The lowest BCUT2D eigenvalue weighted by Gasteiger charge is -2.10. The van der Waals surface area contributed by atoms with Gasteiger partial charge in [-0.1, -0.05) is 35.4 Å². The fraction of sp³-hybridized carbons (Fsp3) is 0.200. The van der Waals surface area contributed by atoms with Gasteiger partial charge in [-0.25, -0.2) is 4.39 Å². The molecular weight excluding hydrogens is 249 g/mol. The van der Waals surface area contributed by atoms with Crippen LogP contribution in [0.5, 0.6) is 0 Å². The molecule has 0 saturated carbocycles. The van der Waals surface area contributed by atoms with Gasteiger partial charge < -0.3 is 5.32 Å². The number of benzene rings is 2. The van der Waals surface area contributed by atoms with E-state index in [9.17, 15) is 4.39 Å². The second-order valence-electron chi connectivity index (χ2n) is 4.44. The summed E-state index contributed by atoms with van der Waals surface area (Å²) in [5.74, 6) is -0.328. The van der Waals surface area contributed by atoms with Gasteiger partial charge >= 0.3 is 0 Å². The van der Waals surface area contributed by atoms with Crippen LogP contribution in [-0.2, 0) is 6.54 Å². The molecule has 2 aromatic carbocycles. The van der Waals surface area contributed by atoms with E-state index in [-0.39, 0.29) is 5.82 Å². The van der Waals surface area contributed by atoms with Crippen molar-refractivity contribution < 1.29 is 4.39 Å². The number of rotatable bonds is 3. The molecule has 3 heteroatoms. The SMILES string of the molecule is Cc1ccc(CNc2cc(F)cc(Cl)c2)c(C)c1. The first kappa shape index (κ1) is 12.9. The molecule has 18 heavy (non-hydrogen) atoms. The molecule has 0 radical (unpaired) electrons. The highest BCUT2D eigenvalue weighted by molar-refractivity contribution is 6.30. The highest BCUT2D eigenvalue weighted by Crippen LogP contribution is 2.19. The summed E-state index contributed by atoms with van der Waals surface area (Å²) < 4.78 is 13.2. The maximum absolute atomic E-state index is 13.2. The zero-order valence-electron chi connectivity index (χ0n) is 10.4. The summed E-state index contributed by atoms with van der Waals surface area (Å²) in [7, 11) is 0. The van der Waals surface area contributed by atoms with Crippen molar-refractivity contribution in [1.29, 1.82) is 0 Å². The molecule has 0 amide bonds. The Labute approximate surface area is 112 Å². The summed E-state index contributed by atoms with van der Waals surface area (Å²) in [5, 5.41) is 3.58. The van der Waals surface area contributed by atoms with Gasteiger partial charge in [0.2, 0.25) is 0 Å². The molecule has 0 spiro atoms. The first-order valence-corrected chi connectivity index (χ1v) is 6.18. The largest absolute Gasteiger partial charge is 0.381 e. The quantitative estimate of drug-likeness (QED) is 0.846. The Morgan fingerprint density at radius 3 is 2.56 bits per heavy atom. The van der Waals surface area contributed by atoms with Gasteiger partial charge in [0.05, 0.1) is 0 Å². The molecule has 2 aromatic rings. The van der Waals surface area contributed by atoms with Crippen molar-refractivity contribution in [3.63, 3.8) is 0 Å². The van der Waals surface area contributed by atoms with Gasteiger partial charge in [-0.05, 0) is 43.2 Å². The van der Waals surface area contributed by atoms with Crippen LogP contribution in [0.1, 0.15) is 16.7 Å². The van der Waals surface area contributed by atoms with Crippen molar-refractivity contribution in [3.05, 3.63) is 63.9 Å². The van der Waals surface area contributed by atoms with Gasteiger partial charge in [0.15, 0.2) is 0 Å². The molecule has 0 aliphatic carbocycles. The van der Waals surface area contributed by atoms with E-state index in [1.165, 1.54) is 28.8 Å². The van der Waals surface area contributed by atoms with E-state index in [1.807, 2.05) is 0 Å². The van der Waals surface area contributed by atoms with Crippen LogP contribution in [0.4, 0.5) is 10.1 Å². The Hall–Kier alpha value is -1.54. The van der Waals surface area contributed by atoms with E-state index < -0.39 is 0 Å². The minimum absolute atomic E-state index is 0.328. The Kier molecular flexibility index (Phi) is 3.87. The average Bonchev–Trinajstić information content (AvgIpc) is 2.26. The summed E-state index contributed by atoms with van der Waals surface area (Å²) in [5.41, 5.74) is 4.36. The maximum Gasteiger partial charge on any atom is 0.126 e. The molecule has 2 rings (SSSR count). The van der Waals surface area contributed by atoms with Crippen LogP contribution < -0.4 is 5.32 Å². The summed E-state index contributed by atoms with van der Waals surface area (Å²) >= 11 is 5.80. The Morgan fingerprint density at radius 1 is 1.11 bits per heavy atom. The highest BCUT2D eigenvalue weighted by Gasteiger charge is 2.01. The molecule has 0 unspecified atom stereocenters. The van der Waals surface area contributed by atoms with E-state index in [4.69, 9.17) is 11.6 Å². The van der Waals surface area contributed by atoms with Crippen molar-refractivity contribution in [2.45, 2.75) is 20.4 Å². The lowest BCUT2D eigenvalue weighted by Crippen LogP contribution is -2.01. The lowest BCUT2D eigenvalue weighted by molar-refractivity contribution is 0.628. The van der Waals surface area contributed by atoms with Crippen LogP contribution in [0.2, 0.25) is 5.02 Å². The number of hydrogen-bond donors (Lipinski definition) is 1. The number of anilines is 1. The zero-order chi connectivity index (χ0) is 13.1. The first-order chi connectivity index (χ1) is 8.54. The third-order valence-electron chi connectivity index (χ3n) is 2.84. The molecule has 0 bridgehead atoms. The first-order valence-electron chi connectivity index (χ1n) is 5.81. The zero-order valence-corrected chi connectivity index (χ0v) is 11.2. The summed E-state index contributed by atoms with van der Waals surface area (Å²) in [6.07, 6.45) is 0. The average molecular weight is 264 g/mol. The molecule has 1 nitrogen and oxygen atoms in total. The van der Waals surface area contributed by atoms with E-state index in [1.54, 1.807) is 6.07 Å². The molecule has 0 aliphatic heterocycles. The highest BCUT2D eigenvalue weighted by atomic mass is 35.5.